The Hall–Kier alpha value is -0.830. The zero-order valence-corrected chi connectivity index (χ0v) is 17.4. The molecule has 0 spiro atoms. The SMILES string of the molecule is C[C@H](CCC(=O)O)[C@@H]1CC[C@@H]2[C@@H]3CC[C@H]4C[C@H](O)CC[C@]4(C)[C@H]3C=C[C@]21C. The van der Waals surface area contributed by atoms with Crippen molar-refractivity contribution in [3.63, 3.8) is 0 Å². The van der Waals surface area contributed by atoms with Crippen molar-refractivity contribution in [1.29, 1.82) is 0 Å². The number of hydrogen-bond acceptors (Lipinski definition) is 2. The molecule has 4 aliphatic rings. The van der Waals surface area contributed by atoms with Gasteiger partial charge >= 0.3 is 5.97 Å². The number of carboxylic acid groups (broad SMARTS) is 1. The third kappa shape index (κ3) is 3.09. The van der Waals surface area contributed by atoms with E-state index in [1.165, 1.54) is 32.1 Å². The standard InChI is InChI=1S/C24H38O3/c1-15(4-9-22(26)27)19-7-8-20-18-6-5-16-14-17(25)10-12-23(16,2)21(18)11-13-24(19,20)3/h11,13,15-21,25H,4-10,12,14H2,1-3H3,(H,26,27)/t15-,16+,17-,18+,19+,20-,21+,23+,24+/m1/s1. The quantitative estimate of drug-likeness (QED) is 0.658. The molecule has 0 saturated heterocycles. The van der Waals surface area contributed by atoms with E-state index in [0.717, 1.165) is 31.1 Å². The van der Waals surface area contributed by atoms with E-state index in [1.54, 1.807) is 0 Å². The second-order valence-corrected chi connectivity index (χ2v) is 10.8. The Balaban J connectivity index is 1.56. The normalized spacial score (nSPS) is 49.8. The van der Waals surface area contributed by atoms with Crippen LogP contribution in [0.3, 0.4) is 0 Å². The fourth-order valence-electron chi connectivity index (χ4n) is 8.10. The molecule has 0 aromatic carbocycles. The lowest BCUT2D eigenvalue weighted by atomic mass is 9.46. The predicted molar refractivity (Wildman–Crippen MR) is 107 cm³/mol. The first-order chi connectivity index (χ1) is 12.8. The molecule has 0 aromatic heterocycles. The van der Waals surface area contributed by atoms with Gasteiger partial charge in [0.1, 0.15) is 0 Å². The van der Waals surface area contributed by atoms with Gasteiger partial charge in [-0.25, -0.2) is 0 Å². The third-order valence-electron chi connectivity index (χ3n) is 9.64. The molecule has 0 unspecified atom stereocenters. The van der Waals surface area contributed by atoms with Crippen LogP contribution in [0.1, 0.15) is 78.6 Å². The Bertz CT molecular complexity index is 613. The number of rotatable bonds is 4. The third-order valence-corrected chi connectivity index (χ3v) is 9.64. The summed E-state index contributed by atoms with van der Waals surface area (Å²) >= 11 is 0. The Morgan fingerprint density at radius 3 is 2.70 bits per heavy atom. The van der Waals surface area contributed by atoms with Crippen LogP contribution < -0.4 is 0 Å². The van der Waals surface area contributed by atoms with Crippen molar-refractivity contribution in [2.75, 3.05) is 0 Å². The average molecular weight is 375 g/mol. The molecule has 0 aliphatic heterocycles. The minimum Gasteiger partial charge on any atom is -0.481 e. The summed E-state index contributed by atoms with van der Waals surface area (Å²) in [6.07, 6.45) is 14.5. The molecule has 3 heteroatoms. The van der Waals surface area contributed by atoms with E-state index >= 15 is 0 Å². The van der Waals surface area contributed by atoms with Gasteiger partial charge in [0.2, 0.25) is 0 Å². The number of hydrogen-bond donors (Lipinski definition) is 2. The Morgan fingerprint density at radius 2 is 1.96 bits per heavy atom. The van der Waals surface area contributed by atoms with Crippen LogP contribution in [-0.2, 0) is 4.79 Å². The molecule has 3 nitrogen and oxygen atoms in total. The van der Waals surface area contributed by atoms with Crippen LogP contribution in [-0.4, -0.2) is 22.3 Å². The van der Waals surface area contributed by atoms with E-state index in [2.05, 4.69) is 32.9 Å². The number of aliphatic carboxylic acids is 1. The minimum absolute atomic E-state index is 0.0802. The van der Waals surface area contributed by atoms with Gasteiger partial charge in [0.25, 0.3) is 0 Å². The molecule has 4 rings (SSSR count). The number of aliphatic hydroxyl groups excluding tert-OH is 1. The van der Waals surface area contributed by atoms with Gasteiger partial charge in [-0.3, -0.25) is 4.79 Å². The molecular formula is C24H38O3. The summed E-state index contributed by atoms with van der Waals surface area (Å²) < 4.78 is 0. The van der Waals surface area contributed by atoms with Crippen LogP contribution in [0.4, 0.5) is 0 Å². The molecule has 2 N–H and O–H groups in total. The largest absolute Gasteiger partial charge is 0.481 e. The number of allylic oxidation sites excluding steroid dienone is 2. The van der Waals surface area contributed by atoms with Crippen LogP contribution in [0.25, 0.3) is 0 Å². The number of fused-ring (bicyclic) bond motifs is 5. The first-order valence-corrected chi connectivity index (χ1v) is 11.3. The monoisotopic (exact) mass is 374 g/mol. The van der Waals surface area contributed by atoms with Crippen molar-refractivity contribution in [2.45, 2.75) is 84.7 Å². The van der Waals surface area contributed by atoms with Gasteiger partial charge in [-0.1, -0.05) is 32.9 Å². The highest BCUT2D eigenvalue weighted by molar-refractivity contribution is 5.66. The van der Waals surface area contributed by atoms with Crippen LogP contribution in [0.5, 0.6) is 0 Å². The molecule has 9 atom stereocenters. The van der Waals surface area contributed by atoms with Crippen molar-refractivity contribution < 1.29 is 15.0 Å². The van der Waals surface area contributed by atoms with Gasteiger partial charge in [-0.2, -0.15) is 0 Å². The second kappa shape index (κ2) is 6.90. The molecule has 0 aromatic rings. The van der Waals surface area contributed by atoms with E-state index in [1.807, 2.05) is 0 Å². The van der Waals surface area contributed by atoms with E-state index in [9.17, 15) is 9.90 Å². The Kier molecular flexibility index (Phi) is 4.98. The minimum atomic E-state index is -0.661. The van der Waals surface area contributed by atoms with Crippen molar-refractivity contribution >= 4 is 5.97 Å². The van der Waals surface area contributed by atoms with Gasteiger partial charge in [0.05, 0.1) is 6.10 Å². The zero-order valence-electron chi connectivity index (χ0n) is 17.4. The Morgan fingerprint density at radius 1 is 1.19 bits per heavy atom. The molecule has 0 radical (unpaired) electrons. The number of carboxylic acids is 1. The Labute approximate surface area is 164 Å². The van der Waals surface area contributed by atoms with Gasteiger partial charge in [0, 0.05) is 6.42 Å². The molecule has 3 saturated carbocycles. The van der Waals surface area contributed by atoms with Crippen molar-refractivity contribution in [1.82, 2.24) is 0 Å². The van der Waals surface area contributed by atoms with Crippen LogP contribution in [0.2, 0.25) is 0 Å². The molecule has 152 valence electrons. The maximum atomic E-state index is 11.0. The maximum absolute atomic E-state index is 11.0. The summed E-state index contributed by atoms with van der Waals surface area (Å²) in [6, 6.07) is 0. The van der Waals surface area contributed by atoms with Crippen LogP contribution in [0, 0.1) is 46.3 Å². The fraction of sp³-hybridized carbons (Fsp3) is 0.875. The molecular weight excluding hydrogens is 336 g/mol. The molecule has 0 amide bonds. The fourth-order valence-corrected chi connectivity index (χ4v) is 8.10. The highest BCUT2D eigenvalue weighted by Gasteiger charge is 2.58. The van der Waals surface area contributed by atoms with Crippen LogP contribution >= 0.6 is 0 Å². The summed E-state index contributed by atoms with van der Waals surface area (Å²) in [6.45, 7) is 7.26. The van der Waals surface area contributed by atoms with Gasteiger partial charge in [-0.05, 0) is 97.7 Å². The first-order valence-electron chi connectivity index (χ1n) is 11.3. The summed E-state index contributed by atoms with van der Waals surface area (Å²) in [5, 5.41) is 19.3. The smallest absolute Gasteiger partial charge is 0.303 e. The lowest BCUT2D eigenvalue weighted by Crippen LogP contribution is -2.52. The second-order valence-electron chi connectivity index (χ2n) is 10.8. The summed E-state index contributed by atoms with van der Waals surface area (Å²) in [5.74, 6) is 3.35. The van der Waals surface area contributed by atoms with Gasteiger partial charge in [0.15, 0.2) is 0 Å². The van der Waals surface area contributed by atoms with Crippen molar-refractivity contribution in [2.24, 2.45) is 46.3 Å². The van der Waals surface area contributed by atoms with Crippen molar-refractivity contribution in [3.05, 3.63) is 12.2 Å². The first kappa shape index (κ1) is 19.5. The van der Waals surface area contributed by atoms with Crippen LogP contribution in [0.15, 0.2) is 12.2 Å². The molecule has 0 bridgehead atoms. The maximum Gasteiger partial charge on any atom is 0.303 e. The molecule has 4 aliphatic carbocycles. The van der Waals surface area contributed by atoms with Crippen molar-refractivity contribution in [3.8, 4) is 0 Å². The van der Waals surface area contributed by atoms with E-state index in [-0.39, 0.29) is 11.5 Å². The number of aliphatic hydroxyl groups is 1. The molecule has 27 heavy (non-hydrogen) atoms. The van der Waals surface area contributed by atoms with Gasteiger partial charge in [-0.15, -0.1) is 0 Å². The highest BCUT2D eigenvalue weighted by Crippen LogP contribution is 2.66. The van der Waals surface area contributed by atoms with Gasteiger partial charge < -0.3 is 10.2 Å². The van der Waals surface area contributed by atoms with E-state index < -0.39 is 5.97 Å². The zero-order chi connectivity index (χ0) is 19.4. The molecule has 3 fully saturated rings. The lowest BCUT2D eigenvalue weighted by molar-refractivity contribution is -0.137. The lowest BCUT2D eigenvalue weighted by Gasteiger charge is -2.58. The predicted octanol–water partition coefficient (Wildman–Crippen LogP) is 5.28. The number of carbonyl (C=O) groups is 1. The summed E-state index contributed by atoms with van der Waals surface area (Å²) in [7, 11) is 0. The highest BCUT2D eigenvalue weighted by atomic mass is 16.4. The summed E-state index contributed by atoms with van der Waals surface area (Å²) in [5.41, 5.74) is 0.615. The topological polar surface area (TPSA) is 57.5 Å². The average Bonchev–Trinajstić information content (AvgIpc) is 2.97. The van der Waals surface area contributed by atoms with E-state index in [4.69, 9.17) is 5.11 Å². The molecule has 0 heterocycles. The van der Waals surface area contributed by atoms with E-state index in [0.29, 0.717) is 35.5 Å². The summed E-state index contributed by atoms with van der Waals surface area (Å²) in [4.78, 5) is 11.0.